The maximum absolute atomic E-state index is 12.7. The smallest absolute Gasteiger partial charge is 0.262 e. The molecular weight excluding hydrogens is 276 g/mol. The Balaban J connectivity index is 1.84. The molecule has 2 atom stereocenters. The summed E-state index contributed by atoms with van der Waals surface area (Å²) in [4.78, 5) is 6.33. The molecule has 0 radical (unpaired) electrons. The molecule has 1 aromatic heterocycles. The number of imidazole rings is 1. The van der Waals surface area contributed by atoms with Gasteiger partial charge in [-0.05, 0) is 12.8 Å². The van der Waals surface area contributed by atoms with Gasteiger partial charge in [0.05, 0.1) is 6.33 Å². The van der Waals surface area contributed by atoms with Gasteiger partial charge in [-0.3, -0.25) is 4.90 Å². The molecule has 0 N–H and O–H groups in total. The zero-order valence-electron chi connectivity index (χ0n) is 11.6. The fourth-order valence-corrected chi connectivity index (χ4v) is 5.04. The Labute approximate surface area is 119 Å². The average molecular weight is 296 g/mol. The third kappa shape index (κ3) is 2.10. The van der Waals surface area contributed by atoms with E-state index in [1.807, 2.05) is 6.08 Å². The molecule has 20 heavy (non-hydrogen) atoms. The van der Waals surface area contributed by atoms with Crippen molar-refractivity contribution in [1.29, 1.82) is 0 Å². The zero-order valence-corrected chi connectivity index (χ0v) is 12.5. The van der Waals surface area contributed by atoms with Gasteiger partial charge in [0.1, 0.15) is 0 Å². The minimum absolute atomic E-state index is 0.0851. The molecule has 0 spiro atoms. The van der Waals surface area contributed by atoms with Gasteiger partial charge in [0.2, 0.25) is 0 Å². The first-order valence-corrected chi connectivity index (χ1v) is 8.33. The van der Waals surface area contributed by atoms with Gasteiger partial charge in [0.15, 0.2) is 5.03 Å². The van der Waals surface area contributed by atoms with Crippen LogP contribution in [0.5, 0.6) is 0 Å². The van der Waals surface area contributed by atoms with Crippen LogP contribution in [0.25, 0.3) is 0 Å². The molecule has 2 fully saturated rings. The second kappa shape index (κ2) is 4.98. The van der Waals surface area contributed by atoms with Gasteiger partial charge in [-0.2, -0.15) is 4.31 Å². The lowest BCUT2D eigenvalue weighted by atomic mass is 10.1. The Bertz CT molecular complexity index is 610. The van der Waals surface area contributed by atoms with E-state index in [9.17, 15) is 8.42 Å². The molecule has 0 amide bonds. The Morgan fingerprint density at radius 2 is 2.15 bits per heavy atom. The molecule has 0 unspecified atom stereocenters. The van der Waals surface area contributed by atoms with E-state index in [1.54, 1.807) is 22.1 Å². The van der Waals surface area contributed by atoms with Gasteiger partial charge in [-0.15, -0.1) is 6.58 Å². The van der Waals surface area contributed by atoms with E-state index in [-0.39, 0.29) is 11.1 Å². The monoisotopic (exact) mass is 296 g/mol. The summed E-state index contributed by atoms with van der Waals surface area (Å²) < 4.78 is 28.6. The van der Waals surface area contributed by atoms with Crippen molar-refractivity contribution in [3.05, 3.63) is 25.2 Å². The molecule has 0 bridgehead atoms. The molecule has 2 saturated heterocycles. The van der Waals surface area contributed by atoms with Crippen LogP contribution >= 0.6 is 0 Å². The molecule has 0 saturated carbocycles. The number of hydrogen-bond donors (Lipinski definition) is 0. The number of nitrogens with zero attached hydrogens (tertiary/aromatic N) is 4. The van der Waals surface area contributed by atoms with E-state index in [2.05, 4.69) is 16.5 Å². The van der Waals surface area contributed by atoms with Crippen molar-refractivity contribution < 1.29 is 8.42 Å². The number of aromatic nitrogens is 2. The van der Waals surface area contributed by atoms with Crippen LogP contribution in [0.4, 0.5) is 0 Å². The third-order valence-electron chi connectivity index (χ3n) is 4.26. The number of sulfonamides is 1. The summed E-state index contributed by atoms with van der Waals surface area (Å²) in [7, 11) is -1.68. The molecule has 7 heteroatoms. The van der Waals surface area contributed by atoms with Gasteiger partial charge in [-0.25, -0.2) is 13.4 Å². The summed E-state index contributed by atoms with van der Waals surface area (Å²) in [5.41, 5.74) is 0. The van der Waals surface area contributed by atoms with Crippen LogP contribution in [0.2, 0.25) is 0 Å². The maximum Gasteiger partial charge on any atom is 0.262 e. The van der Waals surface area contributed by atoms with Crippen LogP contribution in [0.1, 0.15) is 12.8 Å². The van der Waals surface area contributed by atoms with Gasteiger partial charge in [0, 0.05) is 45.0 Å². The highest BCUT2D eigenvalue weighted by atomic mass is 32.2. The molecule has 2 aliphatic rings. The minimum Gasteiger partial charge on any atom is -0.339 e. The van der Waals surface area contributed by atoms with E-state index in [1.165, 1.54) is 6.33 Å². The summed E-state index contributed by atoms with van der Waals surface area (Å²) in [6.07, 6.45) is 6.77. The van der Waals surface area contributed by atoms with Crippen molar-refractivity contribution in [3.8, 4) is 0 Å². The SMILES string of the molecule is C=CCN1CC[C@@H]2[C@@H]1CCN2S(=O)(=O)c1cn(C)cn1. The quantitative estimate of drug-likeness (QED) is 0.757. The Morgan fingerprint density at radius 3 is 2.80 bits per heavy atom. The lowest BCUT2D eigenvalue weighted by Gasteiger charge is -2.23. The molecule has 3 heterocycles. The predicted molar refractivity (Wildman–Crippen MR) is 75.7 cm³/mol. The van der Waals surface area contributed by atoms with Crippen molar-refractivity contribution in [3.63, 3.8) is 0 Å². The Kier molecular flexibility index (Phi) is 3.43. The first kappa shape index (κ1) is 13.8. The van der Waals surface area contributed by atoms with E-state index < -0.39 is 10.0 Å². The Hall–Kier alpha value is -1.18. The fraction of sp³-hybridized carbons (Fsp3) is 0.615. The highest BCUT2D eigenvalue weighted by Gasteiger charge is 2.47. The first-order valence-electron chi connectivity index (χ1n) is 6.89. The van der Waals surface area contributed by atoms with Crippen LogP contribution in [-0.2, 0) is 17.1 Å². The largest absolute Gasteiger partial charge is 0.339 e. The average Bonchev–Trinajstić information content (AvgIpc) is 3.06. The lowest BCUT2D eigenvalue weighted by Crippen LogP contribution is -2.39. The minimum atomic E-state index is -3.46. The van der Waals surface area contributed by atoms with Gasteiger partial charge in [0.25, 0.3) is 10.0 Å². The highest BCUT2D eigenvalue weighted by molar-refractivity contribution is 7.89. The normalized spacial score (nSPS) is 27.9. The summed E-state index contributed by atoms with van der Waals surface area (Å²) in [6, 6.07) is 0.411. The van der Waals surface area contributed by atoms with E-state index in [0.29, 0.717) is 12.6 Å². The first-order chi connectivity index (χ1) is 9.54. The summed E-state index contributed by atoms with van der Waals surface area (Å²) in [6.45, 7) is 6.13. The fourth-order valence-electron chi connectivity index (χ4n) is 3.37. The molecule has 110 valence electrons. The molecule has 1 aromatic rings. The molecule has 6 nitrogen and oxygen atoms in total. The van der Waals surface area contributed by atoms with Crippen molar-refractivity contribution >= 4 is 10.0 Å². The van der Waals surface area contributed by atoms with Crippen molar-refractivity contribution in [2.75, 3.05) is 19.6 Å². The molecule has 0 aromatic carbocycles. The number of rotatable bonds is 4. The highest BCUT2D eigenvalue weighted by Crippen LogP contribution is 2.34. The lowest BCUT2D eigenvalue weighted by molar-refractivity contribution is 0.273. The van der Waals surface area contributed by atoms with Gasteiger partial charge < -0.3 is 4.57 Å². The van der Waals surface area contributed by atoms with E-state index in [0.717, 1.165) is 25.9 Å². The maximum atomic E-state index is 12.7. The molecule has 2 aliphatic heterocycles. The number of aryl methyl sites for hydroxylation is 1. The standard InChI is InChI=1S/C13H20N4O2S/c1-3-6-16-7-4-12-11(16)5-8-17(12)20(18,19)13-9-15(2)10-14-13/h3,9-12H,1,4-8H2,2H3/t11-,12+/m0/s1. The van der Waals surface area contributed by atoms with E-state index in [4.69, 9.17) is 0 Å². The topological polar surface area (TPSA) is 58.4 Å². The Morgan fingerprint density at radius 1 is 1.40 bits per heavy atom. The number of hydrogen-bond acceptors (Lipinski definition) is 4. The number of likely N-dealkylation sites (tertiary alicyclic amines) is 1. The van der Waals surface area contributed by atoms with Crippen LogP contribution < -0.4 is 0 Å². The van der Waals surface area contributed by atoms with Gasteiger partial charge in [-0.1, -0.05) is 6.08 Å². The molecule has 3 rings (SSSR count). The predicted octanol–water partition coefficient (Wildman–Crippen LogP) is 0.443. The summed E-state index contributed by atoms with van der Waals surface area (Å²) in [5, 5.41) is 0.155. The van der Waals surface area contributed by atoms with Crippen molar-refractivity contribution in [2.24, 2.45) is 7.05 Å². The third-order valence-corrected chi connectivity index (χ3v) is 6.07. The van der Waals surface area contributed by atoms with Crippen LogP contribution in [0, 0.1) is 0 Å². The number of fused-ring (bicyclic) bond motifs is 1. The van der Waals surface area contributed by atoms with E-state index >= 15 is 0 Å². The molecular formula is C13H20N4O2S. The second-order valence-corrected chi connectivity index (χ2v) is 7.33. The zero-order chi connectivity index (χ0) is 14.3. The van der Waals surface area contributed by atoms with Gasteiger partial charge >= 0.3 is 0 Å². The second-order valence-electron chi connectivity index (χ2n) is 5.49. The van der Waals surface area contributed by atoms with Crippen molar-refractivity contribution in [1.82, 2.24) is 18.8 Å². The molecule has 0 aliphatic carbocycles. The van der Waals surface area contributed by atoms with Crippen LogP contribution in [0.15, 0.2) is 30.2 Å². The summed E-state index contributed by atoms with van der Waals surface area (Å²) >= 11 is 0. The van der Waals surface area contributed by atoms with Crippen LogP contribution in [-0.4, -0.2) is 58.9 Å². The van der Waals surface area contributed by atoms with Crippen molar-refractivity contribution in [2.45, 2.75) is 30.0 Å². The summed E-state index contributed by atoms with van der Waals surface area (Å²) in [5.74, 6) is 0. The van der Waals surface area contributed by atoms with Crippen LogP contribution in [0.3, 0.4) is 0 Å².